The zero-order chi connectivity index (χ0) is 20.3. The molecule has 0 spiro atoms. The second kappa shape index (κ2) is 8.45. The Balaban J connectivity index is 0.000000706. The quantitative estimate of drug-likeness (QED) is 0.708. The molecule has 7 nitrogen and oxygen atoms in total. The summed E-state index contributed by atoms with van der Waals surface area (Å²) in [4.78, 5) is 16.7. The Morgan fingerprint density at radius 2 is 2.00 bits per heavy atom. The molecular formula is C19H24F2N6O. The Bertz CT molecular complexity index is 961. The van der Waals surface area contributed by atoms with Crippen LogP contribution in [0.4, 0.5) is 14.5 Å². The lowest BCUT2D eigenvalue weighted by atomic mass is 9.93. The van der Waals surface area contributed by atoms with Gasteiger partial charge in [-0.1, -0.05) is 20.3 Å². The van der Waals surface area contributed by atoms with Crippen LogP contribution in [0.5, 0.6) is 0 Å². The Hall–Kier alpha value is -2.84. The van der Waals surface area contributed by atoms with Crippen LogP contribution in [0, 0.1) is 6.92 Å². The van der Waals surface area contributed by atoms with E-state index in [9.17, 15) is 13.6 Å². The molecule has 28 heavy (non-hydrogen) atoms. The maximum absolute atomic E-state index is 13.3. The topological polar surface area (TPSA) is 77.1 Å². The number of hydrogen-bond donors (Lipinski definition) is 1. The monoisotopic (exact) mass is 390 g/mol. The fourth-order valence-corrected chi connectivity index (χ4v) is 2.82. The van der Waals surface area contributed by atoms with Crippen LogP contribution >= 0.6 is 0 Å². The van der Waals surface area contributed by atoms with Gasteiger partial charge in [0.15, 0.2) is 11.3 Å². The van der Waals surface area contributed by atoms with Gasteiger partial charge in [-0.2, -0.15) is 10.2 Å². The van der Waals surface area contributed by atoms with Gasteiger partial charge in [0.05, 0.1) is 17.9 Å². The number of hydrogen-bond acceptors (Lipinski definition) is 4. The molecule has 1 N–H and O–H groups in total. The van der Waals surface area contributed by atoms with Gasteiger partial charge in [0.25, 0.3) is 12.3 Å². The first-order valence-corrected chi connectivity index (χ1v) is 9.43. The van der Waals surface area contributed by atoms with Gasteiger partial charge in [-0.25, -0.2) is 18.3 Å². The first kappa shape index (κ1) is 19.9. The van der Waals surface area contributed by atoms with Gasteiger partial charge in [0.2, 0.25) is 0 Å². The highest BCUT2D eigenvalue weighted by molar-refractivity contribution is 6.08. The van der Waals surface area contributed by atoms with Crippen molar-refractivity contribution < 1.29 is 13.6 Å². The number of carbonyl (C=O) groups excluding carboxylic acids is 1. The third kappa shape index (κ3) is 4.02. The number of amides is 1. The van der Waals surface area contributed by atoms with Crippen molar-refractivity contribution >= 4 is 17.2 Å². The SMILES string of the molecule is CCC.Cc1cnc2c(C(=O)Nc3cn(C4CCC4)nc3C(F)F)cnn2c1. The molecule has 1 saturated carbocycles. The molecule has 0 aliphatic heterocycles. The predicted molar refractivity (Wildman–Crippen MR) is 102 cm³/mol. The molecule has 9 heteroatoms. The summed E-state index contributed by atoms with van der Waals surface area (Å²) in [6.45, 7) is 6.11. The highest BCUT2D eigenvalue weighted by Gasteiger charge is 2.26. The summed E-state index contributed by atoms with van der Waals surface area (Å²) in [6, 6.07) is 0.129. The average Bonchev–Trinajstić information content (AvgIpc) is 3.18. The van der Waals surface area contributed by atoms with Crippen molar-refractivity contribution in [1.82, 2.24) is 24.4 Å². The third-order valence-corrected chi connectivity index (χ3v) is 4.39. The number of carbonyl (C=O) groups is 1. The van der Waals surface area contributed by atoms with Crippen molar-refractivity contribution in [2.75, 3.05) is 5.32 Å². The van der Waals surface area contributed by atoms with Crippen LogP contribution in [0.15, 0.2) is 24.8 Å². The van der Waals surface area contributed by atoms with Crippen molar-refractivity contribution in [3.8, 4) is 0 Å². The van der Waals surface area contributed by atoms with Gasteiger partial charge in [-0.15, -0.1) is 0 Å². The highest BCUT2D eigenvalue weighted by atomic mass is 19.3. The standard InChI is InChI=1S/C16H16F2N6O.C3H8/c1-9-5-19-15-11(6-20-24(15)7-9)16(25)21-12-8-23(10-3-2-4-10)22-13(12)14(17)18;1-3-2/h5-8,10,14H,2-4H2,1H3,(H,21,25);3H2,1-2H3. The summed E-state index contributed by atoms with van der Waals surface area (Å²) in [5.41, 5.74) is 1.09. The summed E-state index contributed by atoms with van der Waals surface area (Å²) in [5, 5.41) is 10.6. The van der Waals surface area contributed by atoms with E-state index in [0.29, 0.717) is 5.65 Å². The fourth-order valence-electron chi connectivity index (χ4n) is 2.82. The van der Waals surface area contributed by atoms with Crippen LogP contribution in [0.25, 0.3) is 5.65 Å². The number of halogens is 2. The molecule has 3 aromatic heterocycles. The van der Waals surface area contributed by atoms with E-state index in [2.05, 4.69) is 34.3 Å². The zero-order valence-electron chi connectivity index (χ0n) is 16.2. The molecule has 1 aliphatic rings. The molecule has 1 aliphatic carbocycles. The van der Waals surface area contributed by atoms with E-state index in [0.717, 1.165) is 24.8 Å². The molecule has 150 valence electrons. The van der Waals surface area contributed by atoms with Gasteiger partial charge in [-0.3, -0.25) is 9.48 Å². The number of anilines is 1. The lowest BCUT2D eigenvalue weighted by Gasteiger charge is -2.25. The molecule has 0 radical (unpaired) electrons. The summed E-state index contributed by atoms with van der Waals surface area (Å²) >= 11 is 0. The molecule has 0 aromatic carbocycles. The van der Waals surface area contributed by atoms with Gasteiger partial charge in [0.1, 0.15) is 5.56 Å². The number of rotatable bonds is 4. The van der Waals surface area contributed by atoms with E-state index in [4.69, 9.17) is 0 Å². The summed E-state index contributed by atoms with van der Waals surface area (Å²) in [6.07, 6.45) is 7.57. The Morgan fingerprint density at radius 3 is 2.61 bits per heavy atom. The van der Waals surface area contributed by atoms with E-state index in [-0.39, 0.29) is 17.3 Å². The van der Waals surface area contributed by atoms with Gasteiger partial charge in [-0.05, 0) is 31.7 Å². The second-order valence-electron chi connectivity index (χ2n) is 6.91. The molecule has 1 fully saturated rings. The van der Waals surface area contributed by atoms with Crippen molar-refractivity contribution in [3.63, 3.8) is 0 Å². The first-order chi connectivity index (χ1) is 13.4. The third-order valence-electron chi connectivity index (χ3n) is 4.39. The number of nitrogens with zero attached hydrogens (tertiary/aromatic N) is 5. The minimum Gasteiger partial charge on any atom is -0.319 e. The van der Waals surface area contributed by atoms with Crippen LogP contribution < -0.4 is 5.32 Å². The van der Waals surface area contributed by atoms with Crippen LogP contribution in [-0.2, 0) is 0 Å². The molecular weight excluding hydrogens is 366 g/mol. The lowest BCUT2D eigenvalue weighted by molar-refractivity contribution is 0.102. The van der Waals surface area contributed by atoms with Crippen LogP contribution in [0.2, 0.25) is 0 Å². The number of nitrogens with one attached hydrogen (secondary N) is 1. The second-order valence-corrected chi connectivity index (χ2v) is 6.91. The van der Waals surface area contributed by atoms with E-state index < -0.39 is 18.0 Å². The summed E-state index contributed by atoms with van der Waals surface area (Å²) in [7, 11) is 0. The molecule has 0 unspecified atom stereocenters. The number of aryl methyl sites for hydroxylation is 1. The molecule has 4 rings (SSSR count). The Morgan fingerprint density at radius 1 is 1.29 bits per heavy atom. The van der Waals surface area contributed by atoms with Crippen LogP contribution in [0.3, 0.4) is 0 Å². The molecule has 3 heterocycles. The van der Waals surface area contributed by atoms with Crippen LogP contribution in [0.1, 0.15) is 73.6 Å². The van der Waals surface area contributed by atoms with Crippen molar-refractivity contribution in [2.45, 2.75) is 58.9 Å². The summed E-state index contributed by atoms with van der Waals surface area (Å²) in [5.74, 6) is -0.540. The Labute approximate surface area is 161 Å². The van der Waals surface area contributed by atoms with Crippen molar-refractivity contribution in [1.29, 1.82) is 0 Å². The van der Waals surface area contributed by atoms with Crippen LogP contribution in [-0.4, -0.2) is 30.3 Å². The largest absolute Gasteiger partial charge is 0.319 e. The summed E-state index contributed by atoms with van der Waals surface area (Å²) < 4.78 is 29.5. The number of fused-ring (bicyclic) bond motifs is 1. The molecule has 3 aromatic rings. The minimum absolute atomic E-state index is 0.0263. The molecule has 0 atom stereocenters. The van der Waals surface area contributed by atoms with Gasteiger partial charge in [0, 0.05) is 18.6 Å². The Kier molecular flexibility index (Phi) is 6.01. The average molecular weight is 390 g/mol. The predicted octanol–water partition coefficient (Wildman–Crippen LogP) is 4.57. The maximum Gasteiger partial charge on any atom is 0.284 e. The molecule has 0 saturated heterocycles. The van der Waals surface area contributed by atoms with Crippen molar-refractivity contribution in [3.05, 3.63) is 41.6 Å². The van der Waals surface area contributed by atoms with E-state index in [1.165, 1.54) is 28.0 Å². The van der Waals surface area contributed by atoms with Crippen molar-refractivity contribution in [2.24, 2.45) is 0 Å². The molecule has 0 bridgehead atoms. The first-order valence-electron chi connectivity index (χ1n) is 9.43. The van der Waals surface area contributed by atoms with E-state index in [1.807, 2.05) is 6.92 Å². The minimum atomic E-state index is -2.76. The van der Waals surface area contributed by atoms with Gasteiger partial charge < -0.3 is 5.32 Å². The van der Waals surface area contributed by atoms with E-state index in [1.54, 1.807) is 12.4 Å². The fraction of sp³-hybridized carbons (Fsp3) is 0.474. The maximum atomic E-state index is 13.3. The molecule has 1 amide bonds. The number of alkyl halides is 2. The normalized spacial score (nSPS) is 13.9. The zero-order valence-corrected chi connectivity index (χ0v) is 16.2. The van der Waals surface area contributed by atoms with E-state index >= 15 is 0 Å². The van der Waals surface area contributed by atoms with Gasteiger partial charge >= 0.3 is 0 Å². The lowest BCUT2D eigenvalue weighted by Crippen LogP contribution is -2.17. The number of aromatic nitrogens is 5. The smallest absolute Gasteiger partial charge is 0.284 e. The highest BCUT2D eigenvalue weighted by Crippen LogP contribution is 2.34.